The van der Waals surface area contributed by atoms with Gasteiger partial charge in [-0.3, -0.25) is 9.59 Å². The molecule has 3 aromatic rings. The first-order chi connectivity index (χ1) is 13.0. The fraction of sp³-hybridized carbons (Fsp3) is 0.111. The van der Waals surface area contributed by atoms with Crippen LogP contribution in [0.3, 0.4) is 0 Å². The third kappa shape index (κ3) is 4.68. The molecule has 0 saturated carbocycles. The van der Waals surface area contributed by atoms with Crippen molar-refractivity contribution in [3.63, 3.8) is 0 Å². The van der Waals surface area contributed by atoms with E-state index in [2.05, 4.69) is 47.5 Å². The predicted molar refractivity (Wildman–Crippen MR) is 109 cm³/mol. The lowest BCUT2D eigenvalue weighted by molar-refractivity contribution is -0.136. The van der Waals surface area contributed by atoms with Crippen molar-refractivity contribution in [2.75, 3.05) is 18.5 Å². The second-order valence-electron chi connectivity index (χ2n) is 5.53. The van der Waals surface area contributed by atoms with Crippen molar-refractivity contribution in [3.05, 3.63) is 51.5 Å². The Hall–Kier alpha value is -2.36. The quantitative estimate of drug-likeness (QED) is 0.405. The van der Waals surface area contributed by atoms with Crippen LogP contribution in [0.15, 0.2) is 51.5 Å². The highest BCUT2D eigenvalue weighted by Crippen LogP contribution is 2.39. The number of carbonyl (C=O) groups excluding carboxylic acids is 2. The Balaban J connectivity index is 1.76. The molecule has 27 heavy (non-hydrogen) atoms. The van der Waals surface area contributed by atoms with Crippen LogP contribution in [0.2, 0.25) is 0 Å². The normalized spacial score (nSPS) is 10.6. The molecule has 7 nitrogen and oxygen atoms in total. The summed E-state index contributed by atoms with van der Waals surface area (Å²) < 4.78 is 7.14. The van der Waals surface area contributed by atoms with Crippen molar-refractivity contribution >= 4 is 60.3 Å². The van der Waals surface area contributed by atoms with E-state index in [0.29, 0.717) is 26.1 Å². The Morgan fingerprint density at radius 3 is 2.52 bits per heavy atom. The van der Waals surface area contributed by atoms with Crippen LogP contribution in [0.5, 0.6) is 11.5 Å². The van der Waals surface area contributed by atoms with Crippen molar-refractivity contribution in [1.29, 1.82) is 0 Å². The highest BCUT2D eigenvalue weighted by Gasteiger charge is 2.16. The van der Waals surface area contributed by atoms with Crippen LogP contribution < -0.4 is 15.4 Å². The van der Waals surface area contributed by atoms with Gasteiger partial charge in [-0.15, -0.1) is 0 Å². The average Bonchev–Trinajstić information content (AvgIpc) is 3.10. The van der Waals surface area contributed by atoms with Gasteiger partial charge in [0, 0.05) is 29.3 Å². The van der Waals surface area contributed by atoms with Crippen LogP contribution >= 0.6 is 31.9 Å². The van der Waals surface area contributed by atoms with Crippen molar-refractivity contribution in [3.8, 4) is 11.5 Å². The molecular weight excluding hydrogens is 482 g/mol. The topological polar surface area (TPSA) is 103 Å². The Kier molecular flexibility index (Phi) is 6.15. The lowest BCUT2D eigenvalue weighted by Gasteiger charge is -2.13. The lowest BCUT2D eigenvalue weighted by Crippen LogP contribution is -2.36. The highest BCUT2D eigenvalue weighted by atomic mass is 79.9. The van der Waals surface area contributed by atoms with Crippen molar-refractivity contribution in [2.45, 2.75) is 0 Å². The summed E-state index contributed by atoms with van der Waals surface area (Å²) in [6.07, 6.45) is 1.86. The number of aromatic amines is 1. The van der Waals surface area contributed by atoms with Crippen molar-refractivity contribution in [1.82, 2.24) is 10.3 Å². The summed E-state index contributed by atoms with van der Waals surface area (Å²) in [6.45, 7) is -0.228. The number of benzene rings is 2. The fourth-order valence-electron chi connectivity index (χ4n) is 2.38. The molecule has 3 rings (SSSR count). The van der Waals surface area contributed by atoms with Gasteiger partial charge in [0.1, 0.15) is 5.75 Å². The minimum atomic E-state index is -0.825. The Bertz CT molecular complexity index is 980. The number of fused-ring (bicyclic) bond motifs is 1. The SMILES string of the molecule is O=C(NCCO)C(=O)Nc1cc(Br)c(Oc2ccc3[nH]ccc3c2)c(Br)c1. The Morgan fingerprint density at radius 2 is 1.81 bits per heavy atom. The van der Waals surface area contributed by atoms with Gasteiger partial charge >= 0.3 is 11.8 Å². The maximum absolute atomic E-state index is 11.8. The molecule has 0 bridgehead atoms. The van der Waals surface area contributed by atoms with E-state index in [9.17, 15) is 9.59 Å². The maximum Gasteiger partial charge on any atom is 0.313 e. The first-order valence-electron chi connectivity index (χ1n) is 7.92. The molecule has 0 aliphatic rings. The number of ether oxygens (including phenoxy) is 1. The second-order valence-corrected chi connectivity index (χ2v) is 7.24. The highest BCUT2D eigenvalue weighted by molar-refractivity contribution is 9.11. The monoisotopic (exact) mass is 495 g/mol. The molecule has 0 spiro atoms. The minimum absolute atomic E-state index is 0.0118. The van der Waals surface area contributed by atoms with E-state index in [-0.39, 0.29) is 13.2 Å². The number of amides is 2. The van der Waals surface area contributed by atoms with Gasteiger partial charge in [0.25, 0.3) is 0 Å². The van der Waals surface area contributed by atoms with Gasteiger partial charge in [-0.1, -0.05) is 0 Å². The summed E-state index contributed by atoms with van der Waals surface area (Å²) in [5, 5.41) is 14.5. The zero-order valence-electron chi connectivity index (χ0n) is 13.9. The van der Waals surface area contributed by atoms with Crippen molar-refractivity contribution in [2.24, 2.45) is 0 Å². The molecular formula is C18H15Br2N3O4. The summed E-state index contributed by atoms with van der Waals surface area (Å²) >= 11 is 6.84. The number of anilines is 1. The molecule has 0 aliphatic carbocycles. The lowest BCUT2D eigenvalue weighted by atomic mass is 10.2. The standard InChI is InChI=1S/C18H15Br2N3O4/c19-13-8-11(23-18(26)17(25)22-5-6-24)9-14(20)16(13)27-12-1-2-15-10(7-12)3-4-21-15/h1-4,7-9,21,24H,5-6H2,(H,22,25)(H,23,26). The van der Waals surface area contributed by atoms with E-state index >= 15 is 0 Å². The molecule has 4 N–H and O–H groups in total. The minimum Gasteiger partial charge on any atom is -0.455 e. The first-order valence-corrected chi connectivity index (χ1v) is 9.50. The van der Waals surface area contributed by atoms with E-state index in [0.717, 1.165) is 10.9 Å². The summed E-state index contributed by atoms with van der Waals surface area (Å²) in [5.74, 6) is -0.457. The molecule has 9 heteroatoms. The van der Waals surface area contributed by atoms with Gasteiger partial charge < -0.3 is 25.5 Å². The Labute approximate surface area is 171 Å². The smallest absolute Gasteiger partial charge is 0.313 e. The number of aliphatic hydroxyl groups is 1. The summed E-state index contributed by atoms with van der Waals surface area (Å²) in [7, 11) is 0. The number of aromatic nitrogens is 1. The number of carbonyl (C=O) groups is 2. The number of hydrogen-bond donors (Lipinski definition) is 4. The maximum atomic E-state index is 11.8. The van der Waals surface area contributed by atoms with E-state index in [1.807, 2.05) is 30.5 Å². The molecule has 140 valence electrons. The first kappa shape index (κ1) is 19.4. The van der Waals surface area contributed by atoms with Crippen LogP contribution in [0.25, 0.3) is 10.9 Å². The van der Waals surface area contributed by atoms with Gasteiger partial charge in [-0.05, 0) is 68.3 Å². The average molecular weight is 497 g/mol. The number of nitrogens with one attached hydrogen (secondary N) is 3. The third-order valence-corrected chi connectivity index (χ3v) is 4.78. The largest absolute Gasteiger partial charge is 0.455 e. The number of halogens is 2. The van der Waals surface area contributed by atoms with Gasteiger partial charge in [0.15, 0.2) is 5.75 Å². The third-order valence-electron chi connectivity index (χ3n) is 3.60. The second kappa shape index (κ2) is 8.55. The summed E-state index contributed by atoms with van der Waals surface area (Å²) in [6, 6.07) is 10.9. The fourth-order valence-corrected chi connectivity index (χ4v) is 3.73. The number of H-pyrrole nitrogens is 1. The van der Waals surface area contributed by atoms with Gasteiger partial charge in [-0.2, -0.15) is 0 Å². The molecule has 0 atom stereocenters. The van der Waals surface area contributed by atoms with Crippen LogP contribution in [0, 0.1) is 0 Å². The van der Waals surface area contributed by atoms with Crippen LogP contribution in [-0.4, -0.2) is 35.1 Å². The van der Waals surface area contributed by atoms with Crippen LogP contribution in [0.4, 0.5) is 5.69 Å². The molecule has 1 aromatic heterocycles. The van der Waals surface area contributed by atoms with Gasteiger partial charge in [0.05, 0.1) is 15.6 Å². The van der Waals surface area contributed by atoms with Gasteiger partial charge in [-0.25, -0.2) is 0 Å². The zero-order chi connectivity index (χ0) is 19.4. The summed E-state index contributed by atoms with van der Waals surface area (Å²) in [5.41, 5.74) is 1.42. The van der Waals surface area contributed by atoms with Crippen molar-refractivity contribution < 1.29 is 19.4 Å². The van der Waals surface area contributed by atoms with Crippen LogP contribution in [0.1, 0.15) is 0 Å². The van der Waals surface area contributed by atoms with E-state index in [1.165, 1.54) is 0 Å². The molecule has 0 fully saturated rings. The number of rotatable bonds is 5. The molecule has 0 unspecified atom stereocenters. The predicted octanol–water partition coefficient (Wildman–Crippen LogP) is 3.53. The van der Waals surface area contributed by atoms with E-state index in [1.54, 1.807) is 12.1 Å². The molecule has 2 amide bonds. The Morgan fingerprint density at radius 1 is 1.07 bits per heavy atom. The molecule has 1 heterocycles. The molecule has 0 radical (unpaired) electrons. The number of aliphatic hydroxyl groups excluding tert-OH is 1. The zero-order valence-corrected chi connectivity index (χ0v) is 17.1. The molecule has 2 aromatic carbocycles. The van der Waals surface area contributed by atoms with Gasteiger partial charge in [0.2, 0.25) is 0 Å². The van der Waals surface area contributed by atoms with E-state index < -0.39 is 11.8 Å². The number of hydrogen-bond acceptors (Lipinski definition) is 4. The van der Waals surface area contributed by atoms with E-state index in [4.69, 9.17) is 9.84 Å². The molecule has 0 saturated heterocycles. The molecule has 0 aliphatic heterocycles. The van der Waals surface area contributed by atoms with Crippen LogP contribution in [-0.2, 0) is 9.59 Å². The summed E-state index contributed by atoms with van der Waals surface area (Å²) in [4.78, 5) is 26.6.